The van der Waals surface area contributed by atoms with Gasteiger partial charge in [-0.3, -0.25) is 0 Å². The Balaban J connectivity index is 0.00000117. The minimum atomic E-state index is -0.260. The van der Waals surface area contributed by atoms with E-state index in [0.29, 0.717) is 12.1 Å². The molecule has 1 aliphatic heterocycles. The van der Waals surface area contributed by atoms with Crippen molar-refractivity contribution >= 4 is 5.97 Å². The van der Waals surface area contributed by atoms with Crippen molar-refractivity contribution in [1.82, 2.24) is 5.32 Å². The zero-order valence-corrected chi connectivity index (χ0v) is 17.2. The van der Waals surface area contributed by atoms with E-state index < -0.39 is 0 Å². The van der Waals surface area contributed by atoms with E-state index in [-0.39, 0.29) is 18.0 Å². The van der Waals surface area contributed by atoms with E-state index in [0.717, 1.165) is 24.1 Å². The summed E-state index contributed by atoms with van der Waals surface area (Å²) >= 11 is 0. The van der Waals surface area contributed by atoms with Gasteiger partial charge in [0.15, 0.2) is 0 Å². The Morgan fingerprint density at radius 3 is 2.07 bits per heavy atom. The molecule has 2 unspecified atom stereocenters. The van der Waals surface area contributed by atoms with Crippen molar-refractivity contribution in [3.63, 3.8) is 0 Å². The first-order valence-corrected chi connectivity index (χ1v) is 10.4. The highest BCUT2D eigenvalue weighted by Gasteiger charge is 2.29. The molecule has 0 radical (unpaired) electrons. The first kappa shape index (κ1) is 20.8. The molecule has 0 bridgehead atoms. The number of ether oxygens (including phenoxy) is 1. The highest BCUT2D eigenvalue weighted by Crippen LogP contribution is 2.28. The van der Waals surface area contributed by atoms with Crippen LogP contribution in [0.15, 0.2) is 84.9 Å². The zero-order valence-electron chi connectivity index (χ0n) is 17.2. The van der Waals surface area contributed by atoms with Crippen molar-refractivity contribution in [1.29, 1.82) is 0 Å². The van der Waals surface area contributed by atoms with Gasteiger partial charge in [0.05, 0.1) is 5.56 Å². The monoisotopic (exact) mass is 387 g/mol. The SMILES string of the molecule is CC.O=C(OC1CNCCC1c1ccccc1)c1ccc(-c2ccccc2)cc1. The van der Waals surface area contributed by atoms with Crippen LogP contribution in [0.4, 0.5) is 0 Å². The van der Waals surface area contributed by atoms with E-state index in [9.17, 15) is 4.79 Å². The van der Waals surface area contributed by atoms with Crippen LogP contribution >= 0.6 is 0 Å². The smallest absolute Gasteiger partial charge is 0.338 e. The molecule has 3 aromatic carbocycles. The summed E-state index contributed by atoms with van der Waals surface area (Å²) in [7, 11) is 0. The number of esters is 1. The Bertz CT molecular complexity index is 876. The molecule has 1 saturated heterocycles. The largest absolute Gasteiger partial charge is 0.457 e. The normalized spacial score (nSPS) is 18.3. The van der Waals surface area contributed by atoms with Gasteiger partial charge in [0.1, 0.15) is 6.10 Å². The summed E-state index contributed by atoms with van der Waals surface area (Å²) in [5, 5.41) is 3.34. The molecule has 29 heavy (non-hydrogen) atoms. The van der Waals surface area contributed by atoms with Gasteiger partial charge in [0.2, 0.25) is 0 Å². The Morgan fingerprint density at radius 1 is 0.828 bits per heavy atom. The second kappa shape index (κ2) is 10.6. The Labute approximate surface area is 173 Å². The third-order valence-electron chi connectivity index (χ3n) is 5.14. The molecule has 1 aliphatic rings. The molecule has 0 aromatic heterocycles. The van der Waals surface area contributed by atoms with Crippen LogP contribution < -0.4 is 5.32 Å². The molecular formula is C26H29NO2. The van der Waals surface area contributed by atoms with E-state index in [2.05, 4.69) is 29.6 Å². The Hall–Kier alpha value is -2.91. The minimum absolute atomic E-state index is 0.151. The number of carbonyl (C=O) groups excluding carboxylic acids is 1. The first-order chi connectivity index (χ1) is 14.3. The van der Waals surface area contributed by atoms with Crippen LogP contribution in [0, 0.1) is 0 Å². The molecule has 1 heterocycles. The van der Waals surface area contributed by atoms with Crippen molar-refractivity contribution in [2.45, 2.75) is 32.3 Å². The van der Waals surface area contributed by atoms with Crippen molar-refractivity contribution < 1.29 is 9.53 Å². The van der Waals surface area contributed by atoms with E-state index in [4.69, 9.17) is 4.74 Å². The molecule has 1 N–H and O–H groups in total. The van der Waals surface area contributed by atoms with Gasteiger partial charge in [0, 0.05) is 12.5 Å². The van der Waals surface area contributed by atoms with Crippen molar-refractivity contribution in [2.24, 2.45) is 0 Å². The van der Waals surface area contributed by atoms with Crippen molar-refractivity contribution in [3.8, 4) is 11.1 Å². The van der Waals surface area contributed by atoms with Crippen LogP contribution in [-0.4, -0.2) is 25.2 Å². The predicted molar refractivity (Wildman–Crippen MR) is 119 cm³/mol. The second-order valence-corrected chi connectivity index (χ2v) is 6.90. The van der Waals surface area contributed by atoms with Gasteiger partial charge in [-0.2, -0.15) is 0 Å². The molecule has 2 atom stereocenters. The fourth-order valence-corrected chi connectivity index (χ4v) is 3.67. The van der Waals surface area contributed by atoms with Gasteiger partial charge in [0.25, 0.3) is 0 Å². The lowest BCUT2D eigenvalue weighted by molar-refractivity contribution is 0.0182. The highest BCUT2D eigenvalue weighted by molar-refractivity contribution is 5.90. The molecule has 3 nitrogen and oxygen atoms in total. The van der Waals surface area contributed by atoms with Crippen LogP contribution in [0.2, 0.25) is 0 Å². The first-order valence-electron chi connectivity index (χ1n) is 10.4. The molecule has 4 rings (SSSR count). The maximum atomic E-state index is 12.7. The summed E-state index contributed by atoms with van der Waals surface area (Å²) < 4.78 is 5.89. The quantitative estimate of drug-likeness (QED) is 0.585. The Kier molecular flexibility index (Phi) is 7.60. The van der Waals surface area contributed by atoms with E-state index in [1.54, 1.807) is 0 Å². The van der Waals surface area contributed by atoms with Gasteiger partial charge in [-0.15, -0.1) is 0 Å². The summed E-state index contributed by atoms with van der Waals surface area (Å²) in [5.41, 5.74) is 4.05. The van der Waals surface area contributed by atoms with Crippen LogP contribution in [0.1, 0.15) is 42.1 Å². The average Bonchev–Trinajstić information content (AvgIpc) is 2.82. The van der Waals surface area contributed by atoms with E-state index >= 15 is 0 Å². The average molecular weight is 388 g/mol. The highest BCUT2D eigenvalue weighted by atomic mass is 16.5. The maximum Gasteiger partial charge on any atom is 0.338 e. The zero-order chi connectivity index (χ0) is 20.5. The number of hydrogen-bond acceptors (Lipinski definition) is 3. The molecule has 0 spiro atoms. The molecule has 1 fully saturated rings. The van der Waals surface area contributed by atoms with Gasteiger partial charge >= 0.3 is 5.97 Å². The topological polar surface area (TPSA) is 38.3 Å². The van der Waals surface area contributed by atoms with Gasteiger partial charge in [-0.1, -0.05) is 86.6 Å². The summed E-state index contributed by atoms with van der Waals surface area (Å²) in [6.45, 7) is 5.63. The van der Waals surface area contributed by atoms with Crippen LogP contribution in [0.25, 0.3) is 11.1 Å². The number of rotatable bonds is 4. The number of benzene rings is 3. The van der Waals surface area contributed by atoms with Gasteiger partial charge in [-0.05, 0) is 41.8 Å². The van der Waals surface area contributed by atoms with Crippen LogP contribution in [-0.2, 0) is 4.74 Å². The van der Waals surface area contributed by atoms with E-state index in [1.807, 2.05) is 74.5 Å². The molecule has 0 aliphatic carbocycles. The summed E-state index contributed by atoms with van der Waals surface area (Å²) in [6.07, 6.45) is 0.817. The van der Waals surface area contributed by atoms with E-state index in [1.165, 1.54) is 5.56 Å². The Morgan fingerprint density at radius 2 is 1.41 bits per heavy atom. The van der Waals surface area contributed by atoms with Gasteiger partial charge in [-0.25, -0.2) is 4.79 Å². The minimum Gasteiger partial charge on any atom is -0.457 e. The maximum absolute atomic E-state index is 12.7. The fourth-order valence-electron chi connectivity index (χ4n) is 3.67. The number of piperidine rings is 1. The molecule has 0 amide bonds. The number of nitrogens with one attached hydrogen (secondary N) is 1. The summed E-state index contributed by atoms with van der Waals surface area (Å²) in [6, 6.07) is 28.1. The van der Waals surface area contributed by atoms with Gasteiger partial charge < -0.3 is 10.1 Å². The third kappa shape index (κ3) is 5.33. The fraction of sp³-hybridized carbons (Fsp3) is 0.269. The molecule has 150 valence electrons. The molecule has 3 heteroatoms. The second-order valence-electron chi connectivity index (χ2n) is 6.90. The van der Waals surface area contributed by atoms with Crippen molar-refractivity contribution in [2.75, 3.05) is 13.1 Å². The lowest BCUT2D eigenvalue weighted by Gasteiger charge is -2.32. The lowest BCUT2D eigenvalue weighted by atomic mass is 9.88. The summed E-state index contributed by atoms with van der Waals surface area (Å²) in [5.74, 6) is -0.0239. The number of hydrogen-bond donors (Lipinski definition) is 1. The lowest BCUT2D eigenvalue weighted by Crippen LogP contribution is -2.42. The summed E-state index contributed by atoms with van der Waals surface area (Å²) in [4.78, 5) is 12.7. The molecule has 3 aromatic rings. The van der Waals surface area contributed by atoms with Crippen LogP contribution in [0.3, 0.4) is 0 Å². The van der Waals surface area contributed by atoms with Crippen molar-refractivity contribution in [3.05, 3.63) is 96.1 Å². The third-order valence-corrected chi connectivity index (χ3v) is 5.14. The molecule has 0 saturated carbocycles. The standard InChI is InChI=1S/C24H23NO2.C2H6/c26-24(21-13-11-19(12-14-21)18-7-3-1-4-8-18)27-23-17-25-16-15-22(23)20-9-5-2-6-10-20;1-2/h1-14,22-23,25H,15-17H2;1-2H3. The molecular weight excluding hydrogens is 358 g/mol. The van der Waals surface area contributed by atoms with Crippen LogP contribution in [0.5, 0.6) is 0 Å². The predicted octanol–water partition coefficient (Wildman–Crippen LogP) is 5.68. The number of carbonyl (C=O) groups is 1.